The highest BCUT2D eigenvalue weighted by Gasteiger charge is 2.39. The van der Waals surface area contributed by atoms with E-state index in [1.807, 2.05) is 13.8 Å². The predicted molar refractivity (Wildman–Crippen MR) is 69.4 cm³/mol. The van der Waals surface area contributed by atoms with Gasteiger partial charge in [-0.25, -0.2) is 9.59 Å². The number of carboxylic acid groups (broad SMARTS) is 1. The maximum Gasteiger partial charge on any atom is 0.326 e. The van der Waals surface area contributed by atoms with E-state index in [2.05, 4.69) is 5.32 Å². The molecule has 2 amide bonds. The molecule has 1 saturated heterocycles. The molecule has 1 aliphatic rings. The first-order valence-electron chi connectivity index (χ1n) is 6.36. The molecule has 0 aromatic rings. The van der Waals surface area contributed by atoms with Crippen LogP contribution < -0.4 is 5.32 Å². The van der Waals surface area contributed by atoms with Crippen LogP contribution >= 0.6 is 0 Å². The molecule has 104 valence electrons. The topological polar surface area (TPSA) is 69.6 Å². The first-order valence-corrected chi connectivity index (χ1v) is 6.36. The highest BCUT2D eigenvalue weighted by atomic mass is 16.4. The summed E-state index contributed by atoms with van der Waals surface area (Å²) in [5.41, 5.74) is -0.698. The molecule has 2 N–H and O–H groups in total. The molecule has 1 aliphatic heterocycles. The van der Waals surface area contributed by atoms with Gasteiger partial charge in [-0.1, -0.05) is 20.8 Å². The van der Waals surface area contributed by atoms with Crippen molar-refractivity contribution in [1.29, 1.82) is 0 Å². The highest BCUT2D eigenvalue weighted by Crippen LogP contribution is 2.28. The Morgan fingerprint density at radius 3 is 2.22 bits per heavy atom. The number of urea groups is 1. The third-order valence-corrected chi connectivity index (χ3v) is 3.53. The van der Waals surface area contributed by atoms with Gasteiger partial charge in [0.1, 0.15) is 6.04 Å². The summed E-state index contributed by atoms with van der Waals surface area (Å²) >= 11 is 0. The molecule has 0 radical (unpaired) electrons. The van der Waals surface area contributed by atoms with E-state index in [-0.39, 0.29) is 11.6 Å². The van der Waals surface area contributed by atoms with Crippen molar-refractivity contribution in [3.63, 3.8) is 0 Å². The monoisotopic (exact) mass is 256 g/mol. The molecule has 1 heterocycles. The molecule has 18 heavy (non-hydrogen) atoms. The van der Waals surface area contributed by atoms with Crippen LogP contribution in [0.15, 0.2) is 0 Å². The van der Waals surface area contributed by atoms with Crippen LogP contribution in [0.1, 0.15) is 47.5 Å². The van der Waals surface area contributed by atoms with Crippen molar-refractivity contribution in [2.45, 2.75) is 59.0 Å². The van der Waals surface area contributed by atoms with Crippen molar-refractivity contribution < 1.29 is 14.7 Å². The largest absolute Gasteiger partial charge is 0.480 e. The fraction of sp³-hybridized carbons (Fsp3) is 0.846. The number of hydrogen-bond donors (Lipinski definition) is 2. The Hall–Kier alpha value is -1.26. The SMILES string of the molecule is CC(C)(C)[C@@H](NC(=O)N1CCCC1(C)C)C(=O)O. The second-order valence-electron chi connectivity index (χ2n) is 6.65. The summed E-state index contributed by atoms with van der Waals surface area (Å²) in [6.07, 6.45) is 1.92. The summed E-state index contributed by atoms with van der Waals surface area (Å²) in [5, 5.41) is 11.8. The zero-order valence-corrected chi connectivity index (χ0v) is 11.9. The third kappa shape index (κ3) is 3.15. The number of carbonyl (C=O) groups is 2. The van der Waals surface area contributed by atoms with Crippen LogP contribution in [0.25, 0.3) is 0 Å². The van der Waals surface area contributed by atoms with E-state index in [0.717, 1.165) is 12.8 Å². The number of carboxylic acids is 1. The number of nitrogens with one attached hydrogen (secondary N) is 1. The number of aliphatic carboxylic acids is 1. The van der Waals surface area contributed by atoms with E-state index in [1.165, 1.54) is 0 Å². The lowest BCUT2D eigenvalue weighted by Gasteiger charge is -2.35. The maximum absolute atomic E-state index is 12.2. The standard InChI is InChI=1S/C13H24N2O3/c1-12(2,3)9(10(16)17)14-11(18)15-8-6-7-13(15,4)5/h9H,6-8H2,1-5H3,(H,14,18)(H,16,17)/t9-/m0/s1. The first kappa shape index (κ1) is 14.8. The van der Waals surface area contributed by atoms with E-state index in [9.17, 15) is 14.7 Å². The van der Waals surface area contributed by atoms with Crippen molar-refractivity contribution in [3.8, 4) is 0 Å². The molecule has 0 unspecified atom stereocenters. The van der Waals surface area contributed by atoms with Crippen molar-refractivity contribution in [2.75, 3.05) is 6.54 Å². The van der Waals surface area contributed by atoms with Crippen molar-refractivity contribution in [1.82, 2.24) is 10.2 Å². The third-order valence-electron chi connectivity index (χ3n) is 3.53. The molecule has 0 bridgehead atoms. The van der Waals surface area contributed by atoms with Gasteiger partial charge >= 0.3 is 12.0 Å². The number of likely N-dealkylation sites (tertiary alicyclic amines) is 1. The van der Waals surface area contributed by atoms with Crippen LogP contribution in [0, 0.1) is 5.41 Å². The molecule has 5 nitrogen and oxygen atoms in total. The summed E-state index contributed by atoms with van der Waals surface area (Å²) in [4.78, 5) is 25.1. The molecular weight excluding hydrogens is 232 g/mol. The van der Waals surface area contributed by atoms with Gasteiger partial charge in [0.05, 0.1) is 0 Å². The van der Waals surface area contributed by atoms with Gasteiger partial charge in [-0.15, -0.1) is 0 Å². The van der Waals surface area contributed by atoms with Crippen molar-refractivity contribution >= 4 is 12.0 Å². The van der Waals surface area contributed by atoms with Crippen molar-refractivity contribution in [2.24, 2.45) is 5.41 Å². The number of nitrogens with zero attached hydrogens (tertiary/aromatic N) is 1. The van der Waals surface area contributed by atoms with Crippen LogP contribution in [0.3, 0.4) is 0 Å². The summed E-state index contributed by atoms with van der Waals surface area (Å²) in [6.45, 7) is 10.1. The summed E-state index contributed by atoms with van der Waals surface area (Å²) in [6, 6.07) is -1.15. The summed E-state index contributed by atoms with van der Waals surface area (Å²) < 4.78 is 0. The minimum Gasteiger partial charge on any atom is -0.480 e. The molecule has 1 atom stereocenters. The Bertz CT molecular complexity index is 345. The molecule has 1 rings (SSSR count). The van der Waals surface area contributed by atoms with Gasteiger partial charge in [-0.3, -0.25) is 0 Å². The summed E-state index contributed by atoms with van der Waals surface area (Å²) in [7, 11) is 0. The van der Waals surface area contributed by atoms with Gasteiger partial charge in [0, 0.05) is 12.1 Å². The minimum absolute atomic E-state index is 0.189. The van der Waals surface area contributed by atoms with Crippen molar-refractivity contribution in [3.05, 3.63) is 0 Å². The fourth-order valence-corrected chi connectivity index (χ4v) is 2.33. The van der Waals surface area contributed by atoms with E-state index in [4.69, 9.17) is 0 Å². The van der Waals surface area contributed by atoms with E-state index in [0.29, 0.717) is 6.54 Å². The Morgan fingerprint density at radius 2 is 1.89 bits per heavy atom. The smallest absolute Gasteiger partial charge is 0.326 e. The zero-order chi connectivity index (χ0) is 14.1. The van der Waals surface area contributed by atoms with Gasteiger partial charge in [-0.05, 0) is 32.1 Å². The lowest BCUT2D eigenvalue weighted by atomic mass is 9.87. The van der Waals surface area contributed by atoms with Gasteiger partial charge in [0.25, 0.3) is 0 Å². The Balaban J connectivity index is 2.77. The Kier molecular flexibility index (Phi) is 3.93. The average Bonchev–Trinajstić information content (AvgIpc) is 2.51. The van der Waals surface area contributed by atoms with Crippen LogP contribution in [0.4, 0.5) is 4.79 Å². The molecule has 0 aromatic carbocycles. The van der Waals surface area contributed by atoms with E-state index < -0.39 is 17.4 Å². The van der Waals surface area contributed by atoms with Crippen LogP contribution in [0.2, 0.25) is 0 Å². The second kappa shape index (κ2) is 4.78. The zero-order valence-electron chi connectivity index (χ0n) is 11.9. The molecule has 0 spiro atoms. The van der Waals surface area contributed by atoms with E-state index in [1.54, 1.807) is 25.7 Å². The van der Waals surface area contributed by atoms with Gasteiger partial charge < -0.3 is 15.3 Å². The van der Waals surface area contributed by atoms with Gasteiger partial charge in [-0.2, -0.15) is 0 Å². The fourth-order valence-electron chi connectivity index (χ4n) is 2.33. The first-order chi connectivity index (χ1) is 8.05. The number of amides is 2. The lowest BCUT2D eigenvalue weighted by Crippen LogP contribution is -2.56. The van der Waals surface area contributed by atoms with Crippen LogP contribution in [0.5, 0.6) is 0 Å². The molecular formula is C13H24N2O3. The van der Waals surface area contributed by atoms with Crippen LogP contribution in [-0.2, 0) is 4.79 Å². The minimum atomic E-state index is -0.993. The summed E-state index contributed by atoms with van der Waals surface area (Å²) in [5.74, 6) is -0.993. The predicted octanol–water partition coefficient (Wildman–Crippen LogP) is 2.07. The number of hydrogen-bond acceptors (Lipinski definition) is 2. The Labute approximate surface area is 109 Å². The molecule has 0 aliphatic carbocycles. The molecule has 5 heteroatoms. The van der Waals surface area contributed by atoms with E-state index >= 15 is 0 Å². The second-order valence-corrected chi connectivity index (χ2v) is 6.65. The average molecular weight is 256 g/mol. The molecule has 0 aromatic heterocycles. The molecule has 0 saturated carbocycles. The number of carbonyl (C=O) groups excluding carboxylic acids is 1. The number of rotatable bonds is 2. The normalized spacial score (nSPS) is 20.6. The highest BCUT2D eigenvalue weighted by molar-refractivity contribution is 5.83. The lowest BCUT2D eigenvalue weighted by molar-refractivity contribution is -0.142. The maximum atomic E-state index is 12.2. The Morgan fingerprint density at radius 1 is 1.33 bits per heavy atom. The molecule has 1 fully saturated rings. The van der Waals surface area contributed by atoms with Gasteiger partial charge in [0.15, 0.2) is 0 Å². The van der Waals surface area contributed by atoms with Crippen LogP contribution in [-0.4, -0.2) is 40.1 Å². The van der Waals surface area contributed by atoms with Gasteiger partial charge in [0.2, 0.25) is 0 Å². The quantitative estimate of drug-likeness (QED) is 0.794.